The van der Waals surface area contributed by atoms with Crippen molar-refractivity contribution in [3.8, 4) is 0 Å². The molecule has 1 aliphatic heterocycles. The number of carbonyl (C=O) groups excluding carboxylic acids is 1. The van der Waals surface area contributed by atoms with E-state index in [1.54, 1.807) is 11.9 Å². The van der Waals surface area contributed by atoms with Gasteiger partial charge < -0.3 is 19.6 Å². The van der Waals surface area contributed by atoms with Crippen LogP contribution in [0.25, 0.3) is 0 Å². The van der Waals surface area contributed by atoms with Gasteiger partial charge in [0.05, 0.1) is 6.61 Å². The molecule has 1 saturated carbocycles. The molecular formula is C15H26N2O4. The number of aliphatic carboxylic acids is 1. The number of carboxylic acids is 1. The number of urea groups is 1. The lowest BCUT2D eigenvalue weighted by Gasteiger charge is -2.34. The van der Waals surface area contributed by atoms with Crippen LogP contribution in [0.5, 0.6) is 0 Å². The van der Waals surface area contributed by atoms with Gasteiger partial charge in [-0.25, -0.2) is 4.79 Å². The summed E-state index contributed by atoms with van der Waals surface area (Å²) >= 11 is 0. The van der Waals surface area contributed by atoms with Gasteiger partial charge in [-0.2, -0.15) is 0 Å². The first kappa shape index (κ1) is 16.1. The quantitative estimate of drug-likeness (QED) is 0.726. The maximum Gasteiger partial charge on any atom is 0.319 e. The fraction of sp³-hybridized carbons (Fsp3) is 0.867. The average molecular weight is 298 g/mol. The molecular weight excluding hydrogens is 272 g/mol. The van der Waals surface area contributed by atoms with Crippen molar-refractivity contribution in [3.05, 3.63) is 0 Å². The van der Waals surface area contributed by atoms with Crippen LogP contribution in [0.1, 0.15) is 32.1 Å². The van der Waals surface area contributed by atoms with Crippen molar-refractivity contribution in [2.45, 2.75) is 32.1 Å². The Hall–Kier alpha value is -1.30. The van der Waals surface area contributed by atoms with Crippen molar-refractivity contribution in [1.82, 2.24) is 9.80 Å². The summed E-state index contributed by atoms with van der Waals surface area (Å²) in [5, 5.41) is 8.79. The summed E-state index contributed by atoms with van der Waals surface area (Å²) < 4.78 is 5.55. The third-order valence-electron chi connectivity index (χ3n) is 4.30. The molecule has 2 amide bonds. The lowest BCUT2D eigenvalue weighted by Crippen LogP contribution is -2.46. The maximum absolute atomic E-state index is 12.2. The molecule has 2 rings (SSSR count). The number of piperidine rings is 1. The van der Waals surface area contributed by atoms with Crippen molar-refractivity contribution >= 4 is 12.0 Å². The fourth-order valence-electron chi connectivity index (χ4n) is 2.65. The molecule has 1 saturated heterocycles. The number of nitrogens with zero attached hydrogens (tertiary/aromatic N) is 2. The van der Waals surface area contributed by atoms with E-state index in [4.69, 9.17) is 9.84 Å². The van der Waals surface area contributed by atoms with Gasteiger partial charge in [-0.3, -0.25) is 4.79 Å². The molecule has 1 aliphatic carbocycles. The number of likely N-dealkylation sites (N-methyl/N-ethyl adjacent to an activating group) is 1. The van der Waals surface area contributed by atoms with Gasteiger partial charge in [-0.1, -0.05) is 0 Å². The van der Waals surface area contributed by atoms with Crippen molar-refractivity contribution in [1.29, 1.82) is 0 Å². The van der Waals surface area contributed by atoms with Crippen LogP contribution < -0.4 is 0 Å². The normalized spacial score (nSPS) is 19.6. The van der Waals surface area contributed by atoms with Gasteiger partial charge >= 0.3 is 12.0 Å². The highest BCUT2D eigenvalue weighted by Crippen LogP contribution is 2.28. The monoisotopic (exact) mass is 298 g/mol. The van der Waals surface area contributed by atoms with E-state index >= 15 is 0 Å². The molecule has 0 bridgehead atoms. The Balaban J connectivity index is 1.61. The molecule has 2 aliphatic rings. The summed E-state index contributed by atoms with van der Waals surface area (Å²) in [4.78, 5) is 26.5. The second kappa shape index (κ2) is 7.64. The minimum Gasteiger partial charge on any atom is -0.481 e. The van der Waals surface area contributed by atoms with E-state index in [0.717, 1.165) is 25.4 Å². The molecule has 0 spiro atoms. The van der Waals surface area contributed by atoms with Crippen LogP contribution in [0, 0.1) is 11.8 Å². The Labute approximate surface area is 126 Å². The van der Waals surface area contributed by atoms with E-state index < -0.39 is 5.97 Å². The molecule has 0 atom stereocenters. The summed E-state index contributed by atoms with van der Waals surface area (Å²) in [5.74, 6) is 0.211. The Bertz CT molecular complexity index is 363. The molecule has 1 N–H and O–H groups in total. The maximum atomic E-state index is 12.2. The molecule has 0 unspecified atom stereocenters. The van der Waals surface area contributed by atoms with Gasteiger partial charge in [0, 0.05) is 39.7 Å². The van der Waals surface area contributed by atoms with Gasteiger partial charge in [0.25, 0.3) is 0 Å². The van der Waals surface area contributed by atoms with E-state index in [-0.39, 0.29) is 18.4 Å². The van der Waals surface area contributed by atoms with Gasteiger partial charge in [-0.05, 0) is 37.5 Å². The summed E-state index contributed by atoms with van der Waals surface area (Å²) in [6, 6.07) is 0.0267. The second-order valence-corrected chi connectivity index (χ2v) is 6.25. The predicted molar refractivity (Wildman–Crippen MR) is 78.1 cm³/mol. The summed E-state index contributed by atoms with van der Waals surface area (Å²) in [6.45, 7) is 3.34. The highest BCUT2D eigenvalue weighted by Gasteiger charge is 2.26. The van der Waals surface area contributed by atoms with E-state index in [1.165, 1.54) is 12.8 Å². The van der Waals surface area contributed by atoms with Gasteiger partial charge in [0.2, 0.25) is 0 Å². The molecule has 0 aromatic rings. The number of ether oxygens (including phenoxy) is 1. The van der Waals surface area contributed by atoms with Crippen molar-refractivity contribution in [2.24, 2.45) is 11.8 Å². The molecule has 2 fully saturated rings. The molecule has 21 heavy (non-hydrogen) atoms. The van der Waals surface area contributed by atoms with E-state index in [0.29, 0.717) is 26.2 Å². The van der Waals surface area contributed by atoms with Crippen molar-refractivity contribution in [2.75, 3.05) is 39.9 Å². The standard InChI is InChI=1S/C15H26N2O4/c1-16(8-9-21-11-13-2-3-13)15(20)17-6-4-12(5-7-17)10-14(18)19/h12-13H,2-11H2,1H3,(H,18,19). The van der Waals surface area contributed by atoms with Crippen LogP contribution in [-0.2, 0) is 9.53 Å². The third-order valence-corrected chi connectivity index (χ3v) is 4.30. The van der Waals surface area contributed by atoms with Gasteiger partial charge in [-0.15, -0.1) is 0 Å². The predicted octanol–water partition coefficient (Wildman–Crippen LogP) is 1.65. The van der Waals surface area contributed by atoms with Crippen molar-refractivity contribution in [3.63, 3.8) is 0 Å². The Morgan fingerprint density at radius 1 is 1.19 bits per heavy atom. The molecule has 0 aromatic carbocycles. The third kappa shape index (κ3) is 5.53. The Morgan fingerprint density at radius 3 is 2.43 bits per heavy atom. The number of carboxylic acid groups (broad SMARTS) is 1. The highest BCUT2D eigenvalue weighted by atomic mass is 16.5. The molecule has 6 heteroatoms. The number of amides is 2. The largest absolute Gasteiger partial charge is 0.481 e. The Kier molecular flexibility index (Phi) is 5.85. The number of hydrogen-bond donors (Lipinski definition) is 1. The summed E-state index contributed by atoms with van der Waals surface area (Å²) in [5.41, 5.74) is 0. The summed E-state index contributed by atoms with van der Waals surface area (Å²) in [7, 11) is 1.80. The minimum absolute atomic E-state index is 0.0267. The van der Waals surface area contributed by atoms with Crippen LogP contribution in [0.4, 0.5) is 4.79 Å². The smallest absolute Gasteiger partial charge is 0.319 e. The van der Waals surface area contributed by atoms with E-state index in [9.17, 15) is 9.59 Å². The first-order valence-electron chi connectivity index (χ1n) is 7.86. The zero-order valence-corrected chi connectivity index (χ0v) is 12.8. The molecule has 6 nitrogen and oxygen atoms in total. The Morgan fingerprint density at radius 2 is 1.86 bits per heavy atom. The van der Waals surface area contributed by atoms with Crippen LogP contribution in [0.2, 0.25) is 0 Å². The highest BCUT2D eigenvalue weighted by molar-refractivity contribution is 5.74. The molecule has 0 radical (unpaired) electrons. The van der Waals surface area contributed by atoms with Crippen molar-refractivity contribution < 1.29 is 19.4 Å². The van der Waals surface area contributed by atoms with Crippen LogP contribution in [0.3, 0.4) is 0 Å². The lowest BCUT2D eigenvalue weighted by atomic mass is 9.94. The summed E-state index contributed by atoms with van der Waals surface area (Å²) in [6.07, 6.45) is 4.33. The minimum atomic E-state index is -0.746. The SMILES string of the molecule is CN(CCOCC1CC1)C(=O)N1CCC(CC(=O)O)CC1. The topological polar surface area (TPSA) is 70.1 Å². The van der Waals surface area contributed by atoms with E-state index in [2.05, 4.69) is 0 Å². The van der Waals surface area contributed by atoms with Crippen LogP contribution in [0.15, 0.2) is 0 Å². The van der Waals surface area contributed by atoms with Gasteiger partial charge in [0.15, 0.2) is 0 Å². The second-order valence-electron chi connectivity index (χ2n) is 6.25. The van der Waals surface area contributed by atoms with Gasteiger partial charge in [0.1, 0.15) is 0 Å². The van der Waals surface area contributed by atoms with Crippen LogP contribution >= 0.6 is 0 Å². The molecule has 0 aromatic heterocycles. The average Bonchev–Trinajstić information content (AvgIpc) is 3.27. The number of hydrogen-bond acceptors (Lipinski definition) is 3. The van der Waals surface area contributed by atoms with E-state index in [1.807, 2.05) is 4.90 Å². The fourth-order valence-corrected chi connectivity index (χ4v) is 2.65. The number of rotatable bonds is 7. The lowest BCUT2D eigenvalue weighted by molar-refractivity contribution is -0.138. The first-order valence-corrected chi connectivity index (χ1v) is 7.86. The number of carbonyl (C=O) groups is 2. The zero-order chi connectivity index (χ0) is 15.2. The number of likely N-dealkylation sites (tertiary alicyclic amines) is 1. The van der Waals surface area contributed by atoms with Crippen LogP contribution in [-0.4, -0.2) is 66.8 Å². The zero-order valence-electron chi connectivity index (χ0n) is 12.8. The molecule has 120 valence electrons. The molecule has 1 heterocycles. The first-order chi connectivity index (χ1) is 10.1.